The van der Waals surface area contributed by atoms with Crippen molar-refractivity contribution < 1.29 is 48.6 Å². The smallest absolute Gasteiger partial charge is 0.331 e. The van der Waals surface area contributed by atoms with Gasteiger partial charge in [0.1, 0.15) is 24.4 Å². The molecule has 3 aliphatic heterocycles. The summed E-state index contributed by atoms with van der Waals surface area (Å²) in [6.45, 7) is 7.09. The first kappa shape index (κ1) is 28.2. The fraction of sp³-hybridized carbons (Fsp3) is 0.655. The molecule has 0 radical (unpaired) electrons. The van der Waals surface area contributed by atoms with E-state index in [0.717, 1.165) is 5.57 Å². The van der Waals surface area contributed by atoms with Gasteiger partial charge in [-0.15, -0.1) is 0 Å². The Labute approximate surface area is 227 Å². The Kier molecular flexibility index (Phi) is 7.41. The molecule has 2 aliphatic carbocycles. The van der Waals surface area contributed by atoms with Crippen molar-refractivity contribution in [3.63, 3.8) is 0 Å². The van der Waals surface area contributed by atoms with Crippen molar-refractivity contribution in [3.05, 3.63) is 47.6 Å². The summed E-state index contributed by atoms with van der Waals surface area (Å²) in [5, 5.41) is 31.6. The quantitative estimate of drug-likeness (QED) is 0.250. The third kappa shape index (κ3) is 4.61. The maximum absolute atomic E-state index is 13.0. The summed E-state index contributed by atoms with van der Waals surface area (Å²) in [6, 6.07) is 0. The van der Waals surface area contributed by atoms with Crippen molar-refractivity contribution in [1.29, 1.82) is 0 Å². The van der Waals surface area contributed by atoms with Crippen LogP contribution in [0.4, 0.5) is 0 Å². The SMILES string of the molecule is CC1=CC2OC3CC4OC(=O)/C=C/C=C/C(C(C)O)OCC(O)/C(C)=C/C(=O)OCC2(CC1O)C4(C)C31CO1. The molecule has 2 spiro atoms. The van der Waals surface area contributed by atoms with Crippen molar-refractivity contribution in [2.45, 2.75) is 88.9 Å². The number of carbonyl (C=O) groups is 2. The third-order valence-corrected chi connectivity index (χ3v) is 9.48. The molecule has 0 aromatic heterocycles. The second-order valence-electron chi connectivity index (χ2n) is 11.7. The average Bonchev–Trinajstić information content (AvgIpc) is 3.65. The lowest BCUT2D eigenvalue weighted by molar-refractivity contribution is -0.238. The van der Waals surface area contributed by atoms with Gasteiger partial charge in [-0.05, 0) is 38.3 Å². The van der Waals surface area contributed by atoms with Crippen LogP contribution < -0.4 is 0 Å². The fourth-order valence-corrected chi connectivity index (χ4v) is 6.84. The summed E-state index contributed by atoms with van der Waals surface area (Å²) in [5.74, 6) is -1.23. The van der Waals surface area contributed by atoms with Crippen LogP contribution in [0, 0.1) is 10.8 Å². The van der Waals surface area contributed by atoms with Gasteiger partial charge in [0.15, 0.2) is 0 Å². The topological polar surface area (TPSA) is 144 Å². The van der Waals surface area contributed by atoms with Crippen molar-refractivity contribution in [1.82, 2.24) is 0 Å². The Hall–Kier alpha value is -2.34. The van der Waals surface area contributed by atoms with Gasteiger partial charge < -0.3 is 39.0 Å². The highest BCUT2D eigenvalue weighted by Crippen LogP contribution is 2.72. The monoisotopic (exact) mass is 546 g/mol. The van der Waals surface area contributed by atoms with Gasteiger partial charge in [0.2, 0.25) is 0 Å². The highest BCUT2D eigenvalue weighted by atomic mass is 16.6. The summed E-state index contributed by atoms with van der Waals surface area (Å²) < 4.78 is 30.1. The number of epoxide rings is 1. The van der Waals surface area contributed by atoms with Gasteiger partial charge in [0, 0.05) is 24.0 Å². The average molecular weight is 547 g/mol. The molecular weight excluding hydrogens is 508 g/mol. The van der Waals surface area contributed by atoms with Crippen LogP contribution in [0.5, 0.6) is 0 Å². The molecule has 5 rings (SSSR count). The van der Waals surface area contributed by atoms with Crippen LogP contribution in [0.2, 0.25) is 0 Å². The van der Waals surface area contributed by atoms with Crippen molar-refractivity contribution in [2.75, 3.05) is 19.8 Å². The Morgan fingerprint density at radius 1 is 1.03 bits per heavy atom. The number of aliphatic hydroxyl groups excluding tert-OH is 3. The molecule has 214 valence electrons. The Morgan fingerprint density at radius 2 is 1.77 bits per heavy atom. The standard InChI is InChI=1S/C29H38O10/c1-16-9-23-28(12-19(16)31)14-36-26(34)10-17(2)20(32)13-35-21(18(3)30)7-5-6-8-25(33)39-22-11-24(38-23)29(15-37-29)27(22,28)4/h5-10,18-24,30-32H,11-15H2,1-4H3/b7-5+,8-6+,17-10+. The summed E-state index contributed by atoms with van der Waals surface area (Å²) in [6.07, 6.45) is 4.68. The predicted octanol–water partition coefficient (Wildman–Crippen LogP) is 1.28. The summed E-state index contributed by atoms with van der Waals surface area (Å²) in [5.41, 5.74) is -1.40. The Morgan fingerprint density at radius 3 is 2.46 bits per heavy atom. The normalized spacial score (nSPS) is 48.3. The second-order valence-corrected chi connectivity index (χ2v) is 11.7. The molecule has 3 N–H and O–H groups in total. The second kappa shape index (κ2) is 10.2. The van der Waals surface area contributed by atoms with E-state index < -0.39 is 65.0 Å². The number of hydrogen-bond acceptors (Lipinski definition) is 10. The molecule has 0 amide bonds. The van der Waals surface area contributed by atoms with Crippen molar-refractivity contribution in [2.24, 2.45) is 10.8 Å². The Balaban J connectivity index is 1.54. The number of aliphatic hydroxyl groups is 3. The van der Waals surface area contributed by atoms with E-state index in [4.69, 9.17) is 23.7 Å². The number of rotatable bonds is 1. The van der Waals surface area contributed by atoms with Gasteiger partial charge in [-0.1, -0.05) is 31.2 Å². The highest BCUT2D eigenvalue weighted by Gasteiger charge is 2.83. The minimum atomic E-state index is -1.11. The van der Waals surface area contributed by atoms with Gasteiger partial charge in [0.05, 0.1) is 49.1 Å². The van der Waals surface area contributed by atoms with E-state index in [-0.39, 0.29) is 25.7 Å². The molecule has 1 saturated carbocycles. The van der Waals surface area contributed by atoms with Crippen molar-refractivity contribution >= 4 is 11.9 Å². The number of esters is 2. The zero-order chi connectivity index (χ0) is 28.2. The number of allylic oxidation sites excluding steroid dienone is 2. The molecule has 2 bridgehead atoms. The van der Waals surface area contributed by atoms with Crippen LogP contribution in [-0.4, -0.2) is 95.4 Å². The molecule has 0 aromatic carbocycles. The molecule has 10 heteroatoms. The third-order valence-electron chi connectivity index (χ3n) is 9.48. The van der Waals surface area contributed by atoms with Crippen molar-refractivity contribution in [3.8, 4) is 0 Å². The van der Waals surface area contributed by atoms with Gasteiger partial charge in [-0.3, -0.25) is 0 Å². The van der Waals surface area contributed by atoms with E-state index in [0.29, 0.717) is 18.6 Å². The summed E-state index contributed by atoms with van der Waals surface area (Å²) in [4.78, 5) is 25.9. The van der Waals surface area contributed by atoms with Gasteiger partial charge in [0.25, 0.3) is 0 Å². The van der Waals surface area contributed by atoms with E-state index >= 15 is 0 Å². The zero-order valence-electron chi connectivity index (χ0n) is 22.7. The van der Waals surface area contributed by atoms with Gasteiger partial charge in [-0.2, -0.15) is 0 Å². The lowest BCUT2D eigenvalue weighted by atomic mass is 9.51. The van der Waals surface area contributed by atoms with Crippen LogP contribution in [0.25, 0.3) is 0 Å². The van der Waals surface area contributed by atoms with E-state index in [1.165, 1.54) is 18.2 Å². The molecule has 10 atom stereocenters. The number of cyclic esters (lactones) is 1. The molecule has 3 fully saturated rings. The first-order valence-corrected chi connectivity index (χ1v) is 13.5. The number of hydrogen-bond donors (Lipinski definition) is 3. The van der Waals surface area contributed by atoms with Gasteiger partial charge in [-0.25, -0.2) is 9.59 Å². The Bertz CT molecular complexity index is 1120. The lowest BCUT2D eigenvalue weighted by Gasteiger charge is -2.58. The minimum Gasteiger partial charge on any atom is -0.462 e. The molecule has 0 aromatic rings. The zero-order valence-corrected chi connectivity index (χ0v) is 22.7. The van der Waals surface area contributed by atoms with E-state index in [9.17, 15) is 24.9 Å². The minimum absolute atomic E-state index is 0.112. The first-order chi connectivity index (χ1) is 18.4. The summed E-state index contributed by atoms with van der Waals surface area (Å²) in [7, 11) is 0. The molecule has 3 heterocycles. The maximum atomic E-state index is 13.0. The van der Waals surface area contributed by atoms with Crippen LogP contribution in [0.1, 0.15) is 40.5 Å². The highest BCUT2D eigenvalue weighted by molar-refractivity contribution is 5.83. The van der Waals surface area contributed by atoms with Gasteiger partial charge >= 0.3 is 11.9 Å². The molecular formula is C29H38O10. The van der Waals surface area contributed by atoms with Crippen LogP contribution in [-0.2, 0) is 33.3 Å². The van der Waals surface area contributed by atoms with E-state index in [1.807, 2.05) is 19.9 Å². The molecule has 39 heavy (non-hydrogen) atoms. The maximum Gasteiger partial charge on any atom is 0.331 e. The molecule has 10 unspecified atom stereocenters. The van der Waals surface area contributed by atoms with Crippen LogP contribution >= 0.6 is 0 Å². The lowest BCUT2D eigenvalue weighted by Crippen LogP contribution is -2.68. The van der Waals surface area contributed by atoms with Crippen LogP contribution in [0.3, 0.4) is 0 Å². The molecule has 5 aliphatic rings. The summed E-state index contributed by atoms with van der Waals surface area (Å²) >= 11 is 0. The number of ether oxygens (including phenoxy) is 5. The molecule has 2 saturated heterocycles. The predicted molar refractivity (Wildman–Crippen MR) is 137 cm³/mol. The van der Waals surface area contributed by atoms with E-state index in [2.05, 4.69) is 0 Å². The first-order valence-electron chi connectivity index (χ1n) is 13.5. The fourth-order valence-electron chi connectivity index (χ4n) is 6.84. The van der Waals surface area contributed by atoms with E-state index in [1.54, 1.807) is 26.0 Å². The molecule has 10 nitrogen and oxygen atoms in total. The number of carbonyl (C=O) groups excluding carboxylic acids is 2. The largest absolute Gasteiger partial charge is 0.462 e. The van der Waals surface area contributed by atoms with Crippen LogP contribution in [0.15, 0.2) is 47.6 Å².